The summed E-state index contributed by atoms with van der Waals surface area (Å²) in [6.07, 6.45) is 2.67. The second-order valence-electron chi connectivity index (χ2n) is 5.40. The van der Waals surface area contributed by atoms with Crippen molar-refractivity contribution in [1.82, 2.24) is 4.98 Å². The molecule has 24 heavy (non-hydrogen) atoms. The van der Waals surface area contributed by atoms with E-state index < -0.39 is 5.82 Å². The van der Waals surface area contributed by atoms with E-state index in [0.717, 1.165) is 22.6 Å². The molecule has 0 aliphatic carbocycles. The van der Waals surface area contributed by atoms with Crippen LogP contribution in [-0.2, 0) is 0 Å². The second-order valence-corrected chi connectivity index (χ2v) is 6.54. The zero-order valence-electron chi connectivity index (χ0n) is 13.6. The molecular weight excluding hydrogens is 325 g/mol. The number of H-pyrrole nitrogens is 1. The van der Waals surface area contributed by atoms with E-state index in [1.54, 1.807) is 55.4 Å². The molecule has 0 fully saturated rings. The van der Waals surface area contributed by atoms with Gasteiger partial charge >= 0.3 is 0 Å². The van der Waals surface area contributed by atoms with Gasteiger partial charge in [0.25, 0.3) is 0 Å². The number of aromatic amines is 1. The Balaban J connectivity index is 2.16. The number of benzene rings is 2. The fourth-order valence-electron chi connectivity index (χ4n) is 2.59. The molecule has 1 heterocycles. The molecule has 0 aliphatic rings. The van der Waals surface area contributed by atoms with Crippen LogP contribution in [0, 0.1) is 5.82 Å². The van der Waals surface area contributed by atoms with Crippen molar-refractivity contribution in [3.05, 3.63) is 58.6 Å². The lowest BCUT2D eigenvalue weighted by Crippen LogP contribution is -2.09. The Morgan fingerprint density at radius 2 is 1.92 bits per heavy atom. The lowest BCUT2D eigenvalue weighted by atomic mass is 10.0. The van der Waals surface area contributed by atoms with Crippen LogP contribution in [0.5, 0.6) is 5.75 Å². The van der Waals surface area contributed by atoms with Crippen LogP contribution in [0.2, 0.25) is 0 Å². The van der Waals surface area contributed by atoms with Crippen molar-refractivity contribution < 1.29 is 9.13 Å². The zero-order valence-corrected chi connectivity index (χ0v) is 14.4. The maximum Gasteiger partial charge on any atom is 0.200 e. The van der Waals surface area contributed by atoms with Gasteiger partial charge < -0.3 is 9.72 Å². The summed E-state index contributed by atoms with van der Waals surface area (Å²) in [6.45, 7) is 2.09. The van der Waals surface area contributed by atoms with Gasteiger partial charge in [-0.3, -0.25) is 4.79 Å². The molecule has 0 saturated carbocycles. The van der Waals surface area contributed by atoms with Crippen LogP contribution < -0.4 is 10.2 Å². The standard InChI is InChI=1S/C19H18FNO2S/c1-3-10-24-16-9-8-15(20)17-18(16)21-11-14(19(17)22)12-4-6-13(23-2)7-5-12/h4-9,11H,3,10H2,1-2H3,(H,21,22). The molecule has 124 valence electrons. The summed E-state index contributed by atoms with van der Waals surface area (Å²) in [5.41, 5.74) is 1.44. The lowest BCUT2D eigenvalue weighted by Gasteiger charge is -2.09. The molecule has 5 heteroatoms. The summed E-state index contributed by atoms with van der Waals surface area (Å²) in [5, 5.41) is 0.115. The maximum atomic E-state index is 14.3. The molecule has 3 aromatic rings. The number of pyridine rings is 1. The molecule has 3 rings (SSSR count). The van der Waals surface area contributed by atoms with Crippen LogP contribution in [0.1, 0.15) is 13.3 Å². The van der Waals surface area contributed by atoms with Crippen molar-refractivity contribution in [2.75, 3.05) is 12.9 Å². The molecule has 0 amide bonds. The van der Waals surface area contributed by atoms with Crippen LogP contribution >= 0.6 is 11.8 Å². The maximum absolute atomic E-state index is 14.3. The molecule has 0 bridgehead atoms. The van der Waals surface area contributed by atoms with Gasteiger partial charge in [0.05, 0.1) is 18.0 Å². The van der Waals surface area contributed by atoms with Crippen LogP contribution in [0.4, 0.5) is 4.39 Å². The van der Waals surface area contributed by atoms with Gasteiger partial charge in [-0.2, -0.15) is 0 Å². The first kappa shape index (κ1) is 16.6. The normalized spacial score (nSPS) is 11.0. The predicted octanol–water partition coefficient (Wildman–Crippen LogP) is 4.84. The smallest absolute Gasteiger partial charge is 0.200 e. The number of hydrogen-bond donors (Lipinski definition) is 1. The molecule has 1 aromatic heterocycles. The average molecular weight is 343 g/mol. The van der Waals surface area contributed by atoms with Gasteiger partial charge in [0, 0.05) is 16.7 Å². The molecule has 2 aromatic carbocycles. The first-order valence-corrected chi connectivity index (χ1v) is 8.75. The number of hydrogen-bond acceptors (Lipinski definition) is 3. The number of methoxy groups -OCH3 is 1. The van der Waals surface area contributed by atoms with Crippen LogP contribution in [0.15, 0.2) is 52.3 Å². The van der Waals surface area contributed by atoms with Crippen molar-refractivity contribution in [1.29, 1.82) is 0 Å². The third-order valence-corrected chi connectivity index (χ3v) is 5.08. The number of thioether (sulfide) groups is 1. The SMILES string of the molecule is CCCSc1ccc(F)c2c(=O)c(-c3ccc(OC)cc3)c[nH]c12. The van der Waals surface area contributed by atoms with Gasteiger partial charge in [-0.25, -0.2) is 4.39 Å². The minimum absolute atomic E-state index is 0.115. The van der Waals surface area contributed by atoms with Crippen LogP contribution in [0.3, 0.4) is 0 Å². The number of rotatable bonds is 5. The molecular formula is C19H18FNO2S. The van der Waals surface area contributed by atoms with Crippen LogP contribution in [-0.4, -0.2) is 17.8 Å². The molecule has 3 nitrogen and oxygen atoms in total. The topological polar surface area (TPSA) is 42.1 Å². The minimum Gasteiger partial charge on any atom is -0.497 e. The largest absolute Gasteiger partial charge is 0.497 e. The number of ether oxygens (including phenoxy) is 1. The Morgan fingerprint density at radius 3 is 2.58 bits per heavy atom. The molecule has 0 aliphatic heterocycles. The van der Waals surface area contributed by atoms with E-state index in [0.29, 0.717) is 16.8 Å². The molecule has 1 N–H and O–H groups in total. The summed E-state index contributed by atoms with van der Waals surface area (Å²) in [6, 6.07) is 10.2. The molecule has 0 unspecified atom stereocenters. The number of halogens is 1. The highest BCUT2D eigenvalue weighted by molar-refractivity contribution is 7.99. The number of nitrogens with one attached hydrogen (secondary N) is 1. The van der Waals surface area contributed by atoms with E-state index in [1.165, 1.54) is 6.07 Å². The second kappa shape index (κ2) is 7.09. The molecule has 0 saturated heterocycles. The summed E-state index contributed by atoms with van der Waals surface area (Å²) >= 11 is 1.62. The number of fused-ring (bicyclic) bond motifs is 1. The number of aromatic nitrogens is 1. The van der Waals surface area contributed by atoms with E-state index >= 15 is 0 Å². The van der Waals surface area contributed by atoms with Crippen molar-refractivity contribution in [2.24, 2.45) is 0 Å². The van der Waals surface area contributed by atoms with E-state index in [9.17, 15) is 9.18 Å². The first-order chi connectivity index (χ1) is 11.7. The molecule has 0 atom stereocenters. The third-order valence-electron chi connectivity index (χ3n) is 3.81. The Hall–Kier alpha value is -2.27. The van der Waals surface area contributed by atoms with E-state index in [1.807, 2.05) is 0 Å². The fourth-order valence-corrected chi connectivity index (χ4v) is 3.48. The van der Waals surface area contributed by atoms with Gasteiger partial charge in [-0.15, -0.1) is 11.8 Å². The fraction of sp³-hybridized carbons (Fsp3) is 0.211. The summed E-state index contributed by atoms with van der Waals surface area (Å²) in [7, 11) is 1.59. The van der Waals surface area contributed by atoms with E-state index in [4.69, 9.17) is 4.74 Å². The summed E-state index contributed by atoms with van der Waals surface area (Å²) < 4.78 is 19.4. The Labute approximate surface area is 143 Å². The molecule has 0 radical (unpaired) electrons. The third kappa shape index (κ3) is 3.04. The van der Waals surface area contributed by atoms with Crippen molar-refractivity contribution in [2.45, 2.75) is 18.2 Å². The first-order valence-electron chi connectivity index (χ1n) is 7.76. The predicted molar refractivity (Wildman–Crippen MR) is 97.5 cm³/mol. The Bertz CT molecular complexity index is 919. The van der Waals surface area contributed by atoms with E-state index in [2.05, 4.69) is 11.9 Å². The van der Waals surface area contributed by atoms with Crippen molar-refractivity contribution >= 4 is 22.7 Å². The zero-order chi connectivity index (χ0) is 17.1. The van der Waals surface area contributed by atoms with E-state index in [-0.39, 0.29) is 10.8 Å². The Morgan fingerprint density at radius 1 is 1.17 bits per heavy atom. The quantitative estimate of drug-likeness (QED) is 0.674. The highest BCUT2D eigenvalue weighted by atomic mass is 32.2. The van der Waals surface area contributed by atoms with Crippen molar-refractivity contribution in [3.63, 3.8) is 0 Å². The van der Waals surface area contributed by atoms with Crippen LogP contribution in [0.25, 0.3) is 22.0 Å². The van der Waals surface area contributed by atoms with Gasteiger partial charge in [0.15, 0.2) is 5.43 Å². The average Bonchev–Trinajstić information content (AvgIpc) is 2.61. The van der Waals surface area contributed by atoms with Gasteiger partial charge in [0.2, 0.25) is 0 Å². The Kier molecular flexibility index (Phi) is 4.90. The highest BCUT2D eigenvalue weighted by Crippen LogP contribution is 2.29. The monoisotopic (exact) mass is 343 g/mol. The van der Waals surface area contributed by atoms with Gasteiger partial charge in [-0.1, -0.05) is 19.1 Å². The lowest BCUT2D eigenvalue weighted by molar-refractivity contribution is 0.415. The van der Waals surface area contributed by atoms with Gasteiger partial charge in [0.1, 0.15) is 11.6 Å². The summed E-state index contributed by atoms with van der Waals surface area (Å²) in [5.74, 6) is 1.13. The molecule has 0 spiro atoms. The minimum atomic E-state index is -0.498. The summed E-state index contributed by atoms with van der Waals surface area (Å²) in [4.78, 5) is 16.8. The highest BCUT2D eigenvalue weighted by Gasteiger charge is 2.14. The van der Waals surface area contributed by atoms with Crippen molar-refractivity contribution in [3.8, 4) is 16.9 Å². The van der Waals surface area contributed by atoms with Gasteiger partial charge in [-0.05, 0) is 42.0 Å².